The maximum absolute atomic E-state index is 11.6. The summed E-state index contributed by atoms with van der Waals surface area (Å²) in [6.07, 6.45) is 2.31. The van der Waals surface area contributed by atoms with Gasteiger partial charge in [0, 0.05) is 6.54 Å². The van der Waals surface area contributed by atoms with E-state index in [1.165, 1.54) is 0 Å². The molecule has 0 rings (SSSR count). The van der Waals surface area contributed by atoms with E-state index in [0.717, 1.165) is 6.26 Å². The minimum atomic E-state index is -3.14. The molecule has 0 aliphatic rings. The summed E-state index contributed by atoms with van der Waals surface area (Å²) in [7, 11) is -1.43. The molecule has 0 heterocycles. The van der Waals surface area contributed by atoms with E-state index in [-0.39, 0.29) is 11.8 Å². The number of rotatable bonds is 8. The first-order valence-electron chi connectivity index (χ1n) is 5.09. The van der Waals surface area contributed by atoms with Crippen molar-refractivity contribution < 1.29 is 13.2 Å². The summed E-state index contributed by atoms with van der Waals surface area (Å²) < 4.78 is 23.9. The number of carbonyl (C=O) groups is 1. The zero-order valence-electron chi connectivity index (χ0n) is 10.0. The average molecular weight is 248 g/mol. The van der Waals surface area contributed by atoms with Crippen LogP contribution in [0, 0.1) is 0 Å². The maximum Gasteiger partial charge on any atom is 0.208 e. The Labute approximate surface area is 97.4 Å². The molecule has 16 heavy (non-hydrogen) atoms. The van der Waals surface area contributed by atoms with Gasteiger partial charge in [-0.2, -0.15) is 0 Å². The number of hydrogen-bond donors (Lipinski definition) is 2. The molecule has 0 aromatic carbocycles. The molecule has 0 aromatic rings. The van der Waals surface area contributed by atoms with Crippen LogP contribution in [0.1, 0.15) is 19.8 Å². The van der Waals surface area contributed by atoms with Gasteiger partial charge >= 0.3 is 0 Å². The summed E-state index contributed by atoms with van der Waals surface area (Å²) in [4.78, 5) is 11.6. The Bertz CT molecular complexity index is 349. The number of likely N-dealkylation sites (N-methyl/N-ethyl adjacent to an activating group) is 1. The summed E-state index contributed by atoms with van der Waals surface area (Å²) in [5, 5.41) is 2.89. The molecule has 2 N–H and O–H groups in total. The van der Waals surface area contributed by atoms with E-state index in [9.17, 15) is 13.2 Å². The number of hydrogen-bond acceptors (Lipinski definition) is 4. The first-order valence-corrected chi connectivity index (χ1v) is 6.98. The monoisotopic (exact) mass is 248 g/mol. The van der Waals surface area contributed by atoms with Crippen LogP contribution in [0.5, 0.6) is 0 Å². The second-order valence-electron chi connectivity index (χ2n) is 3.79. The fourth-order valence-corrected chi connectivity index (χ4v) is 1.78. The Morgan fingerprint density at radius 1 is 1.44 bits per heavy atom. The number of nitrogens with one attached hydrogen (secondary N) is 2. The van der Waals surface area contributed by atoms with Crippen LogP contribution in [-0.4, -0.2) is 40.1 Å². The molecule has 0 amide bonds. The predicted molar refractivity (Wildman–Crippen MR) is 64.7 cm³/mol. The molecule has 0 aromatic heterocycles. The second kappa shape index (κ2) is 6.78. The van der Waals surface area contributed by atoms with Crippen LogP contribution >= 0.6 is 0 Å². The van der Waals surface area contributed by atoms with E-state index in [1.807, 2.05) is 0 Å². The fourth-order valence-electron chi connectivity index (χ4n) is 1.27. The lowest BCUT2D eigenvalue weighted by molar-refractivity contribution is -0.117. The molecule has 0 aliphatic carbocycles. The van der Waals surface area contributed by atoms with Gasteiger partial charge in [0.2, 0.25) is 10.0 Å². The first-order chi connectivity index (χ1) is 7.28. The summed E-state index contributed by atoms with van der Waals surface area (Å²) in [5.74, 6) is -0.0261. The van der Waals surface area contributed by atoms with Gasteiger partial charge in [-0.15, -0.1) is 0 Å². The number of Topliss-reactive ketones (excluding diaryl/α,β-unsaturated/α-hetero) is 1. The molecular weight excluding hydrogens is 228 g/mol. The zero-order chi connectivity index (χ0) is 12.8. The van der Waals surface area contributed by atoms with E-state index in [2.05, 4.69) is 16.6 Å². The third-order valence-corrected chi connectivity index (χ3v) is 2.85. The van der Waals surface area contributed by atoms with Crippen molar-refractivity contribution in [3.05, 3.63) is 12.2 Å². The van der Waals surface area contributed by atoms with E-state index >= 15 is 0 Å². The minimum Gasteiger partial charge on any atom is -0.310 e. The van der Waals surface area contributed by atoms with Gasteiger partial charge in [0.15, 0.2) is 5.78 Å². The van der Waals surface area contributed by atoms with Crippen LogP contribution in [0.3, 0.4) is 0 Å². The Kier molecular flexibility index (Phi) is 6.47. The fraction of sp³-hybridized carbons (Fsp3) is 0.700. The molecule has 0 bridgehead atoms. The van der Waals surface area contributed by atoms with Gasteiger partial charge in [0.05, 0.1) is 12.3 Å². The van der Waals surface area contributed by atoms with Crippen LogP contribution in [0.4, 0.5) is 0 Å². The standard InChI is InChI=1S/C10H20N2O3S/c1-8(2)10(13)9(11-3)6-5-7-12-16(4,14)15/h9,11-12H,1,5-7H2,2-4H3. The van der Waals surface area contributed by atoms with Crippen LogP contribution < -0.4 is 10.0 Å². The van der Waals surface area contributed by atoms with Crippen LogP contribution in [0.2, 0.25) is 0 Å². The molecular formula is C10H20N2O3S. The van der Waals surface area contributed by atoms with Crippen LogP contribution in [0.15, 0.2) is 12.2 Å². The van der Waals surface area contributed by atoms with Crippen molar-refractivity contribution >= 4 is 15.8 Å². The number of ketones is 1. The molecule has 0 fully saturated rings. The van der Waals surface area contributed by atoms with Gasteiger partial charge in [-0.1, -0.05) is 6.58 Å². The molecule has 0 saturated carbocycles. The Balaban J connectivity index is 3.98. The molecule has 1 atom stereocenters. The lowest BCUT2D eigenvalue weighted by Crippen LogP contribution is -2.35. The van der Waals surface area contributed by atoms with Crippen molar-refractivity contribution in [3.63, 3.8) is 0 Å². The van der Waals surface area contributed by atoms with Crippen molar-refractivity contribution in [2.75, 3.05) is 19.8 Å². The van der Waals surface area contributed by atoms with Gasteiger partial charge in [0.25, 0.3) is 0 Å². The summed E-state index contributed by atoms with van der Waals surface area (Å²) in [5.41, 5.74) is 0.510. The summed E-state index contributed by atoms with van der Waals surface area (Å²) in [6.45, 7) is 5.61. The highest BCUT2D eigenvalue weighted by atomic mass is 32.2. The molecule has 0 radical (unpaired) electrons. The maximum atomic E-state index is 11.6. The molecule has 0 saturated heterocycles. The predicted octanol–water partition coefficient (Wildman–Crippen LogP) is 0.0490. The van der Waals surface area contributed by atoms with Crippen molar-refractivity contribution in [1.82, 2.24) is 10.0 Å². The van der Waals surface area contributed by atoms with Crippen molar-refractivity contribution in [2.24, 2.45) is 0 Å². The average Bonchev–Trinajstić information content (AvgIpc) is 2.15. The lowest BCUT2D eigenvalue weighted by atomic mass is 10.0. The highest BCUT2D eigenvalue weighted by Crippen LogP contribution is 2.03. The van der Waals surface area contributed by atoms with Gasteiger partial charge < -0.3 is 5.32 Å². The highest BCUT2D eigenvalue weighted by molar-refractivity contribution is 7.88. The normalized spacial score (nSPS) is 13.4. The van der Waals surface area contributed by atoms with Gasteiger partial charge in [-0.3, -0.25) is 4.79 Å². The molecule has 6 heteroatoms. The smallest absolute Gasteiger partial charge is 0.208 e. The molecule has 0 aliphatic heterocycles. The highest BCUT2D eigenvalue weighted by Gasteiger charge is 2.16. The third-order valence-electron chi connectivity index (χ3n) is 2.12. The topological polar surface area (TPSA) is 75.3 Å². The molecule has 5 nitrogen and oxygen atoms in total. The van der Waals surface area contributed by atoms with Gasteiger partial charge in [-0.05, 0) is 32.4 Å². The van der Waals surface area contributed by atoms with Gasteiger partial charge in [-0.25, -0.2) is 13.1 Å². The van der Waals surface area contributed by atoms with E-state index < -0.39 is 10.0 Å². The van der Waals surface area contributed by atoms with Crippen LogP contribution in [-0.2, 0) is 14.8 Å². The number of carbonyl (C=O) groups excluding carboxylic acids is 1. The third kappa shape index (κ3) is 6.71. The van der Waals surface area contributed by atoms with Crippen LogP contribution in [0.25, 0.3) is 0 Å². The Morgan fingerprint density at radius 3 is 2.38 bits per heavy atom. The second-order valence-corrected chi connectivity index (χ2v) is 5.63. The Hall–Kier alpha value is -0.720. The van der Waals surface area contributed by atoms with Crippen molar-refractivity contribution in [2.45, 2.75) is 25.8 Å². The summed E-state index contributed by atoms with van der Waals surface area (Å²) >= 11 is 0. The molecule has 1 unspecified atom stereocenters. The Morgan fingerprint density at radius 2 is 2.00 bits per heavy atom. The number of sulfonamides is 1. The SMILES string of the molecule is C=C(C)C(=O)C(CCCNS(C)(=O)=O)NC. The zero-order valence-corrected chi connectivity index (χ0v) is 10.9. The quantitative estimate of drug-likeness (QED) is 0.470. The van der Waals surface area contributed by atoms with E-state index in [4.69, 9.17) is 0 Å². The van der Waals surface area contributed by atoms with Gasteiger partial charge in [0.1, 0.15) is 0 Å². The van der Waals surface area contributed by atoms with E-state index in [1.54, 1.807) is 14.0 Å². The first kappa shape index (κ1) is 15.3. The minimum absolute atomic E-state index is 0.0261. The lowest BCUT2D eigenvalue weighted by Gasteiger charge is -2.14. The summed E-state index contributed by atoms with van der Waals surface area (Å²) in [6, 6.07) is -0.279. The molecule has 94 valence electrons. The van der Waals surface area contributed by atoms with E-state index in [0.29, 0.717) is 25.0 Å². The largest absolute Gasteiger partial charge is 0.310 e. The van der Waals surface area contributed by atoms with Crippen molar-refractivity contribution in [1.29, 1.82) is 0 Å². The molecule has 0 spiro atoms. The van der Waals surface area contributed by atoms with Crippen molar-refractivity contribution in [3.8, 4) is 0 Å².